The molecule has 2 rings (SSSR count). The van der Waals surface area contributed by atoms with Crippen molar-refractivity contribution < 1.29 is 4.84 Å². The average Bonchev–Trinajstić information content (AvgIpc) is 2.67. The van der Waals surface area contributed by atoms with Gasteiger partial charge in [0.25, 0.3) is 0 Å². The zero-order valence-corrected chi connectivity index (χ0v) is 11.9. The second kappa shape index (κ2) is 5.19. The molecule has 4 N–H and O–H groups in total. The molecule has 5 heteroatoms. The van der Waals surface area contributed by atoms with Crippen molar-refractivity contribution in [2.75, 3.05) is 5.73 Å². The van der Waals surface area contributed by atoms with Crippen LogP contribution >= 0.6 is 0 Å². The van der Waals surface area contributed by atoms with Crippen molar-refractivity contribution in [2.24, 2.45) is 0 Å². The molecule has 0 spiro atoms. The van der Waals surface area contributed by atoms with Crippen molar-refractivity contribution in [3.8, 4) is 0 Å². The number of para-hydroxylation sites is 1. The van der Waals surface area contributed by atoms with Crippen LogP contribution in [0.1, 0.15) is 33.3 Å². The van der Waals surface area contributed by atoms with E-state index < -0.39 is 0 Å². The maximum atomic E-state index is 5.70. The molecule has 1 aromatic heterocycles. The van der Waals surface area contributed by atoms with Gasteiger partial charge in [-0.15, -0.1) is 0 Å². The predicted molar refractivity (Wildman–Crippen MR) is 77.6 cm³/mol. The molecule has 1 aromatic carbocycles. The molecule has 104 valence electrons. The molecule has 1 heterocycles. The van der Waals surface area contributed by atoms with E-state index >= 15 is 0 Å². The molecule has 2 aromatic rings. The molecule has 0 bridgehead atoms. The number of hydrogen-bond donors (Lipinski definition) is 3. The summed E-state index contributed by atoms with van der Waals surface area (Å²) < 4.78 is 0. The zero-order valence-electron chi connectivity index (χ0n) is 11.9. The van der Waals surface area contributed by atoms with Crippen molar-refractivity contribution in [1.29, 1.82) is 0 Å². The number of aromatic nitrogens is 2. The number of aromatic amines is 1. The van der Waals surface area contributed by atoms with Crippen LogP contribution in [0.5, 0.6) is 0 Å². The second-order valence-corrected chi connectivity index (χ2v) is 5.87. The minimum Gasteiger partial charge on any atom is -0.369 e. The minimum absolute atomic E-state index is 0.197. The van der Waals surface area contributed by atoms with Gasteiger partial charge >= 0.3 is 0 Å². The average molecular weight is 262 g/mol. The van der Waals surface area contributed by atoms with Gasteiger partial charge in [0.2, 0.25) is 0 Å². The fourth-order valence-corrected chi connectivity index (χ4v) is 1.92. The van der Waals surface area contributed by atoms with E-state index in [-0.39, 0.29) is 11.6 Å². The number of hydroxylamine groups is 1. The highest BCUT2D eigenvalue weighted by molar-refractivity contribution is 5.80. The van der Waals surface area contributed by atoms with Gasteiger partial charge in [0.1, 0.15) is 0 Å². The van der Waals surface area contributed by atoms with Gasteiger partial charge in [-0.1, -0.05) is 12.1 Å². The monoisotopic (exact) mass is 262 g/mol. The number of rotatable bonds is 4. The highest BCUT2D eigenvalue weighted by Gasteiger charge is 2.14. The molecule has 0 radical (unpaired) electrons. The maximum absolute atomic E-state index is 5.70. The van der Waals surface area contributed by atoms with E-state index in [9.17, 15) is 0 Å². The molecular weight excluding hydrogens is 240 g/mol. The van der Waals surface area contributed by atoms with Crippen LogP contribution in [0, 0.1) is 0 Å². The fourth-order valence-electron chi connectivity index (χ4n) is 1.92. The van der Waals surface area contributed by atoms with Gasteiger partial charge in [-0.25, -0.2) is 4.98 Å². The Bertz CT molecular complexity index is 556. The fraction of sp³-hybridized carbons (Fsp3) is 0.500. The van der Waals surface area contributed by atoms with Crippen LogP contribution < -0.4 is 11.2 Å². The Kier molecular flexibility index (Phi) is 3.78. The topological polar surface area (TPSA) is 76.0 Å². The van der Waals surface area contributed by atoms with E-state index in [1.165, 1.54) is 0 Å². The van der Waals surface area contributed by atoms with Crippen LogP contribution in [0.4, 0.5) is 5.95 Å². The molecule has 0 saturated heterocycles. The van der Waals surface area contributed by atoms with Crippen LogP contribution in [0.3, 0.4) is 0 Å². The lowest BCUT2D eigenvalue weighted by atomic mass is 10.1. The van der Waals surface area contributed by atoms with E-state index in [1.54, 1.807) is 0 Å². The first-order chi connectivity index (χ1) is 8.85. The lowest BCUT2D eigenvalue weighted by molar-refractivity contribution is -0.0857. The van der Waals surface area contributed by atoms with Crippen molar-refractivity contribution in [2.45, 2.75) is 45.8 Å². The van der Waals surface area contributed by atoms with E-state index in [0.29, 0.717) is 5.95 Å². The molecule has 5 nitrogen and oxygen atoms in total. The van der Waals surface area contributed by atoms with E-state index in [2.05, 4.69) is 28.4 Å². The summed E-state index contributed by atoms with van der Waals surface area (Å²) in [5, 5.41) is 0. The number of fused-ring (bicyclic) bond motifs is 1. The summed E-state index contributed by atoms with van der Waals surface area (Å²) in [5.41, 5.74) is 11.6. The standard InChI is InChI=1S/C14H22N4O/c1-9(18-19-14(2,3)4)8-10-6-5-7-11-12(10)17-13(15)16-11/h5-7,9,18H,8H2,1-4H3,(H3,15,16,17). The van der Waals surface area contributed by atoms with Crippen molar-refractivity contribution in [3.05, 3.63) is 23.8 Å². The van der Waals surface area contributed by atoms with Gasteiger partial charge in [0.15, 0.2) is 5.95 Å². The number of nitrogens with one attached hydrogen (secondary N) is 2. The molecule has 19 heavy (non-hydrogen) atoms. The predicted octanol–water partition coefficient (Wildman–Crippen LogP) is 2.40. The first-order valence-electron chi connectivity index (χ1n) is 6.52. The first kappa shape index (κ1) is 13.8. The smallest absolute Gasteiger partial charge is 0.198 e. The van der Waals surface area contributed by atoms with Crippen LogP contribution in [0.25, 0.3) is 11.0 Å². The Hall–Kier alpha value is -1.59. The number of imidazole rings is 1. The summed E-state index contributed by atoms with van der Waals surface area (Å²) in [4.78, 5) is 12.9. The summed E-state index contributed by atoms with van der Waals surface area (Å²) >= 11 is 0. The third-order valence-electron chi connectivity index (χ3n) is 2.71. The van der Waals surface area contributed by atoms with Gasteiger partial charge in [0.05, 0.1) is 16.6 Å². The normalized spacial score (nSPS) is 13.9. The second-order valence-electron chi connectivity index (χ2n) is 5.87. The summed E-state index contributed by atoms with van der Waals surface area (Å²) in [6.45, 7) is 8.13. The van der Waals surface area contributed by atoms with Gasteiger partial charge < -0.3 is 10.7 Å². The van der Waals surface area contributed by atoms with E-state index in [4.69, 9.17) is 10.6 Å². The summed E-state index contributed by atoms with van der Waals surface area (Å²) in [5.74, 6) is 0.453. The molecule has 1 unspecified atom stereocenters. The van der Waals surface area contributed by atoms with Gasteiger partial charge in [-0.05, 0) is 45.7 Å². The molecule has 0 aliphatic rings. The van der Waals surface area contributed by atoms with Crippen molar-refractivity contribution >= 4 is 17.0 Å². The largest absolute Gasteiger partial charge is 0.369 e. The number of anilines is 1. The number of nitrogen functional groups attached to an aromatic ring is 1. The third-order valence-corrected chi connectivity index (χ3v) is 2.71. The van der Waals surface area contributed by atoms with Crippen molar-refractivity contribution in [1.82, 2.24) is 15.4 Å². The van der Waals surface area contributed by atoms with Crippen LogP contribution in [0.15, 0.2) is 18.2 Å². The number of benzene rings is 1. The first-order valence-corrected chi connectivity index (χ1v) is 6.52. The third kappa shape index (κ3) is 3.68. The van der Waals surface area contributed by atoms with E-state index in [0.717, 1.165) is 23.0 Å². The lowest BCUT2D eigenvalue weighted by Crippen LogP contribution is -2.36. The zero-order chi connectivity index (χ0) is 14.0. The molecule has 1 atom stereocenters. The van der Waals surface area contributed by atoms with E-state index in [1.807, 2.05) is 32.9 Å². The SMILES string of the molecule is CC(Cc1cccc2[nH]c(N)nc12)NOC(C)(C)C. The Morgan fingerprint density at radius 2 is 2.16 bits per heavy atom. The van der Waals surface area contributed by atoms with Gasteiger partial charge in [-0.2, -0.15) is 5.48 Å². The number of nitrogens with zero attached hydrogens (tertiary/aromatic N) is 1. The Balaban J connectivity index is 2.08. The Labute approximate surface area is 113 Å². The molecular formula is C14H22N4O. The van der Waals surface area contributed by atoms with Gasteiger partial charge in [0, 0.05) is 6.04 Å². The molecule has 0 saturated carbocycles. The van der Waals surface area contributed by atoms with Crippen LogP contribution in [-0.4, -0.2) is 21.6 Å². The number of nitrogens with two attached hydrogens (primary N) is 1. The molecule has 0 aliphatic heterocycles. The molecule has 0 amide bonds. The summed E-state index contributed by atoms with van der Waals surface area (Å²) in [6.07, 6.45) is 0.831. The number of H-pyrrole nitrogens is 1. The van der Waals surface area contributed by atoms with Crippen LogP contribution in [-0.2, 0) is 11.3 Å². The summed E-state index contributed by atoms with van der Waals surface area (Å²) in [6, 6.07) is 6.25. The summed E-state index contributed by atoms with van der Waals surface area (Å²) in [7, 11) is 0. The van der Waals surface area contributed by atoms with Crippen LogP contribution in [0.2, 0.25) is 0 Å². The molecule has 0 aliphatic carbocycles. The Morgan fingerprint density at radius 1 is 1.42 bits per heavy atom. The lowest BCUT2D eigenvalue weighted by Gasteiger charge is -2.23. The highest BCUT2D eigenvalue weighted by atomic mass is 16.7. The van der Waals surface area contributed by atoms with Crippen molar-refractivity contribution in [3.63, 3.8) is 0 Å². The number of hydrogen-bond acceptors (Lipinski definition) is 4. The minimum atomic E-state index is -0.197. The quantitative estimate of drug-likeness (QED) is 0.739. The van der Waals surface area contributed by atoms with Gasteiger partial charge in [-0.3, -0.25) is 4.84 Å². The Morgan fingerprint density at radius 3 is 2.84 bits per heavy atom. The molecule has 0 fully saturated rings. The maximum Gasteiger partial charge on any atom is 0.198 e. The highest BCUT2D eigenvalue weighted by Crippen LogP contribution is 2.19.